The number of ether oxygens (including phenoxy) is 2. The number of carbonyl (C=O) groups is 1. The van der Waals surface area contributed by atoms with Crippen LogP contribution in [-0.4, -0.2) is 33.1 Å². The van der Waals surface area contributed by atoms with Crippen LogP contribution in [0.5, 0.6) is 11.6 Å². The van der Waals surface area contributed by atoms with Crippen LogP contribution >= 0.6 is 0 Å². The number of hydrogen-bond donors (Lipinski definition) is 2. The highest BCUT2D eigenvalue weighted by Gasteiger charge is 2.26. The van der Waals surface area contributed by atoms with E-state index in [9.17, 15) is 9.59 Å². The molecule has 3 N–H and O–H groups in total. The van der Waals surface area contributed by atoms with Crippen molar-refractivity contribution >= 4 is 11.8 Å². The Balaban J connectivity index is 1.78. The van der Waals surface area contributed by atoms with Crippen molar-refractivity contribution in [2.45, 2.75) is 39.3 Å². The molecule has 0 unspecified atom stereocenters. The van der Waals surface area contributed by atoms with Crippen LogP contribution in [0.3, 0.4) is 0 Å². The Morgan fingerprint density at radius 1 is 1.31 bits per heavy atom. The third kappa shape index (κ3) is 3.96. The largest absolute Gasteiger partial charge is 0.444 e. The van der Waals surface area contributed by atoms with Crippen molar-refractivity contribution in [1.82, 2.24) is 14.9 Å². The van der Waals surface area contributed by atoms with Gasteiger partial charge in [-0.05, 0) is 50.5 Å². The fourth-order valence-corrected chi connectivity index (χ4v) is 2.67. The topological polar surface area (TPSA) is 111 Å². The monoisotopic (exact) mass is 358 g/mol. The molecule has 138 valence electrons. The van der Waals surface area contributed by atoms with Gasteiger partial charge in [-0.15, -0.1) is 0 Å². The summed E-state index contributed by atoms with van der Waals surface area (Å²) in [5.74, 6) is 0.549. The van der Waals surface area contributed by atoms with Gasteiger partial charge in [0.25, 0.3) is 5.56 Å². The van der Waals surface area contributed by atoms with Gasteiger partial charge in [-0.2, -0.15) is 0 Å². The Hall–Kier alpha value is -3.03. The molecule has 0 spiro atoms. The fraction of sp³-hybridized carbons (Fsp3) is 0.389. The summed E-state index contributed by atoms with van der Waals surface area (Å²) in [6.07, 6.45) is 1.63. The van der Waals surface area contributed by atoms with Crippen molar-refractivity contribution in [2.24, 2.45) is 0 Å². The second kappa shape index (κ2) is 6.70. The van der Waals surface area contributed by atoms with E-state index in [1.54, 1.807) is 11.0 Å². The second-order valence-corrected chi connectivity index (χ2v) is 7.13. The summed E-state index contributed by atoms with van der Waals surface area (Å²) < 4.78 is 11.1. The van der Waals surface area contributed by atoms with Crippen molar-refractivity contribution in [3.8, 4) is 11.6 Å². The molecule has 0 aliphatic carbocycles. The van der Waals surface area contributed by atoms with Crippen LogP contribution in [0.4, 0.5) is 10.5 Å². The maximum Gasteiger partial charge on any atom is 0.410 e. The first-order chi connectivity index (χ1) is 12.2. The van der Waals surface area contributed by atoms with Crippen molar-refractivity contribution in [2.75, 3.05) is 12.3 Å². The van der Waals surface area contributed by atoms with Gasteiger partial charge >= 0.3 is 6.09 Å². The zero-order chi connectivity index (χ0) is 18.9. The molecule has 1 aliphatic heterocycles. The summed E-state index contributed by atoms with van der Waals surface area (Å²) in [6, 6.07) is 5.57. The SMILES string of the molecule is CC(C)(C)OC(=O)N1CCc2ccc(Oc3nc[nH]c(=O)c3N)cc2C1. The van der Waals surface area contributed by atoms with E-state index in [-0.39, 0.29) is 17.7 Å². The Labute approximate surface area is 150 Å². The lowest BCUT2D eigenvalue weighted by atomic mass is 10.00. The van der Waals surface area contributed by atoms with Gasteiger partial charge < -0.3 is 25.1 Å². The molecular formula is C18H22N4O4. The van der Waals surface area contributed by atoms with Crippen LogP contribution < -0.4 is 16.0 Å². The van der Waals surface area contributed by atoms with Crippen LogP contribution in [0, 0.1) is 0 Å². The van der Waals surface area contributed by atoms with Crippen LogP contribution in [0.25, 0.3) is 0 Å². The smallest absolute Gasteiger partial charge is 0.410 e. The van der Waals surface area contributed by atoms with Gasteiger partial charge in [-0.3, -0.25) is 4.79 Å². The molecular weight excluding hydrogens is 336 g/mol. The first-order valence-corrected chi connectivity index (χ1v) is 8.34. The number of nitrogens with zero attached hydrogens (tertiary/aromatic N) is 2. The molecule has 2 aromatic rings. The Bertz CT molecular complexity index is 885. The molecule has 0 saturated heterocycles. The number of carbonyl (C=O) groups excluding carboxylic acids is 1. The lowest BCUT2D eigenvalue weighted by molar-refractivity contribution is 0.0224. The van der Waals surface area contributed by atoms with E-state index >= 15 is 0 Å². The fourth-order valence-electron chi connectivity index (χ4n) is 2.67. The molecule has 0 atom stereocenters. The second-order valence-electron chi connectivity index (χ2n) is 7.13. The maximum atomic E-state index is 12.3. The number of H-pyrrole nitrogens is 1. The summed E-state index contributed by atoms with van der Waals surface area (Å²) >= 11 is 0. The van der Waals surface area contributed by atoms with E-state index in [0.717, 1.165) is 17.5 Å². The third-order valence-corrected chi connectivity index (χ3v) is 3.91. The van der Waals surface area contributed by atoms with Crippen LogP contribution in [0.15, 0.2) is 29.3 Å². The molecule has 3 rings (SSSR count). The number of amides is 1. The van der Waals surface area contributed by atoms with Gasteiger partial charge in [0.1, 0.15) is 11.4 Å². The summed E-state index contributed by atoms with van der Waals surface area (Å²) in [4.78, 5) is 31.8. The number of nitrogens with two attached hydrogens (primary N) is 1. The highest BCUT2D eigenvalue weighted by molar-refractivity contribution is 5.68. The minimum Gasteiger partial charge on any atom is -0.444 e. The minimum atomic E-state index is -0.536. The number of fused-ring (bicyclic) bond motifs is 1. The Morgan fingerprint density at radius 2 is 2.08 bits per heavy atom. The molecule has 0 saturated carbocycles. The van der Waals surface area contributed by atoms with Crippen molar-refractivity contribution < 1.29 is 14.3 Å². The highest BCUT2D eigenvalue weighted by atomic mass is 16.6. The van der Waals surface area contributed by atoms with Gasteiger partial charge in [0.15, 0.2) is 5.69 Å². The number of hydrogen-bond acceptors (Lipinski definition) is 6. The number of anilines is 1. The average molecular weight is 358 g/mol. The summed E-state index contributed by atoms with van der Waals surface area (Å²) in [6.45, 7) is 6.56. The third-order valence-electron chi connectivity index (χ3n) is 3.91. The van der Waals surface area contributed by atoms with E-state index in [1.165, 1.54) is 6.33 Å². The first kappa shape index (κ1) is 17.8. The number of benzene rings is 1. The summed E-state index contributed by atoms with van der Waals surface area (Å²) in [5.41, 5.74) is 6.72. The van der Waals surface area contributed by atoms with E-state index in [2.05, 4.69) is 9.97 Å². The quantitative estimate of drug-likeness (QED) is 0.853. The van der Waals surface area contributed by atoms with Crippen molar-refractivity contribution in [1.29, 1.82) is 0 Å². The van der Waals surface area contributed by atoms with Gasteiger partial charge in [0.05, 0.1) is 6.33 Å². The summed E-state index contributed by atoms with van der Waals surface area (Å²) in [5, 5.41) is 0. The highest BCUT2D eigenvalue weighted by Crippen LogP contribution is 2.28. The normalized spacial score (nSPS) is 13.9. The van der Waals surface area contributed by atoms with E-state index < -0.39 is 11.2 Å². The van der Waals surface area contributed by atoms with Crippen LogP contribution in [0.1, 0.15) is 31.9 Å². The minimum absolute atomic E-state index is 0.0495. The van der Waals surface area contributed by atoms with Crippen molar-refractivity contribution in [3.63, 3.8) is 0 Å². The number of aromatic nitrogens is 2. The molecule has 1 amide bonds. The predicted octanol–water partition coefficient (Wildman–Crippen LogP) is 2.44. The molecule has 8 nitrogen and oxygen atoms in total. The molecule has 0 radical (unpaired) electrons. The van der Waals surface area contributed by atoms with Gasteiger partial charge in [-0.1, -0.05) is 6.07 Å². The van der Waals surface area contributed by atoms with Crippen molar-refractivity contribution in [3.05, 3.63) is 46.0 Å². The Morgan fingerprint density at radius 3 is 2.81 bits per heavy atom. The number of rotatable bonds is 2. The number of aromatic amines is 1. The molecule has 1 aromatic carbocycles. The lowest BCUT2D eigenvalue weighted by Crippen LogP contribution is -2.39. The molecule has 8 heteroatoms. The lowest BCUT2D eigenvalue weighted by Gasteiger charge is -2.31. The molecule has 0 bridgehead atoms. The zero-order valence-corrected chi connectivity index (χ0v) is 15.0. The molecule has 1 aromatic heterocycles. The Kier molecular flexibility index (Phi) is 4.58. The van der Waals surface area contributed by atoms with Crippen LogP contribution in [-0.2, 0) is 17.7 Å². The number of nitrogens with one attached hydrogen (secondary N) is 1. The zero-order valence-electron chi connectivity index (χ0n) is 15.0. The molecule has 0 fully saturated rings. The molecule has 2 heterocycles. The molecule has 1 aliphatic rings. The van der Waals surface area contributed by atoms with E-state index in [1.807, 2.05) is 32.9 Å². The average Bonchev–Trinajstić information content (AvgIpc) is 2.57. The van der Waals surface area contributed by atoms with E-state index in [4.69, 9.17) is 15.2 Å². The predicted molar refractivity (Wildman–Crippen MR) is 96.1 cm³/mol. The van der Waals surface area contributed by atoms with Gasteiger partial charge in [0, 0.05) is 13.1 Å². The van der Waals surface area contributed by atoms with Crippen LogP contribution in [0.2, 0.25) is 0 Å². The van der Waals surface area contributed by atoms with E-state index in [0.29, 0.717) is 18.8 Å². The molecule has 26 heavy (non-hydrogen) atoms. The summed E-state index contributed by atoms with van der Waals surface area (Å²) in [7, 11) is 0. The number of nitrogen functional groups attached to an aromatic ring is 1. The van der Waals surface area contributed by atoms with Gasteiger partial charge in [0.2, 0.25) is 5.88 Å². The first-order valence-electron chi connectivity index (χ1n) is 8.34. The standard InChI is InChI=1S/C18H22N4O4/c1-18(2,3)26-17(24)22-7-6-11-4-5-13(8-12(11)9-22)25-16-14(19)15(23)20-10-21-16/h4-5,8,10H,6-7,9,19H2,1-3H3,(H,20,21,23). The van der Waals surface area contributed by atoms with Gasteiger partial charge in [-0.25, -0.2) is 9.78 Å². The maximum absolute atomic E-state index is 12.3.